The maximum absolute atomic E-state index is 4.98. The summed E-state index contributed by atoms with van der Waals surface area (Å²) in [4.78, 5) is -5.78. The van der Waals surface area contributed by atoms with Crippen molar-refractivity contribution in [3.8, 4) is 0 Å². The van der Waals surface area contributed by atoms with E-state index >= 15 is 0 Å². The molecular formula is C24H54Br2P2. The Balaban J connectivity index is 9.04. The van der Waals surface area contributed by atoms with Gasteiger partial charge in [-0.1, -0.05) is 0 Å². The van der Waals surface area contributed by atoms with Crippen LogP contribution in [-0.2, 0) is 0 Å². The summed E-state index contributed by atoms with van der Waals surface area (Å²) in [5, 5.41) is 0.567. The van der Waals surface area contributed by atoms with Crippen LogP contribution in [0.4, 0.5) is 0 Å². The fourth-order valence-electron chi connectivity index (χ4n) is 9.42. The predicted molar refractivity (Wildman–Crippen MR) is 150 cm³/mol. The van der Waals surface area contributed by atoms with Crippen LogP contribution in [0.15, 0.2) is 0 Å². The molecule has 174 valence electrons. The van der Waals surface area contributed by atoms with E-state index in [0.717, 1.165) is 0 Å². The molecule has 0 aliphatic rings. The molecule has 0 heterocycles. The van der Waals surface area contributed by atoms with E-state index in [-0.39, 0.29) is 30.9 Å². The first-order chi connectivity index (χ1) is 11.4. The van der Waals surface area contributed by atoms with Crippen molar-refractivity contribution in [3.63, 3.8) is 0 Å². The van der Waals surface area contributed by atoms with Crippen LogP contribution < -0.4 is 0 Å². The number of rotatable bonds is 1. The fourth-order valence-corrected chi connectivity index (χ4v) is 74.2. The van der Waals surface area contributed by atoms with Crippen molar-refractivity contribution in [1.82, 2.24) is 0 Å². The summed E-state index contributed by atoms with van der Waals surface area (Å²) in [7, 11) is 0. The first kappa shape index (κ1) is 29.8. The van der Waals surface area contributed by atoms with Gasteiger partial charge in [0.25, 0.3) is 0 Å². The average Bonchev–Trinajstić information content (AvgIpc) is 2.27. The van der Waals surface area contributed by atoms with Gasteiger partial charge in [0.05, 0.1) is 0 Å². The molecule has 0 saturated heterocycles. The number of hydrogen-bond donors (Lipinski definition) is 0. The Morgan fingerprint density at radius 3 is 0.393 bits per heavy atom. The van der Waals surface area contributed by atoms with Gasteiger partial charge in [0.1, 0.15) is 0 Å². The second kappa shape index (κ2) is 6.67. The number of halogens is 2. The van der Waals surface area contributed by atoms with Crippen molar-refractivity contribution in [1.29, 1.82) is 0 Å². The molecular weight excluding hydrogens is 510 g/mol. The van der Waals surface area contributed by atoms with Gasteiger partial charge in [-0.25, -0.2) is 0 Å². The molecule has 4 heteroatoms. The second-order valence-electron chi connectivity index (χ2n) is 15.0. The van der Waals surface area contributed by atoms with Crippen LogP contribution >= 0.6 is 41.0 Å². The van der Waals surface area contributed by atoms with Crippen LogP contribution in [0.5, 0.6) is 0 Å². The first-order valence-corrected chi connectivity index (χ1v) is 20.1. The molecule has 0 fully saturated rings. The van der Waals surface area contributed by atoms with Gasteiger partial charge in [-0.3, -0.25) is 0 Å². The average molecular weight is 564 g/mol. The van der Waals surface area contributed by atoms with Gasteiger partial charge in [0.2, 0.25) is 0 Å². The van der Waals surface area contributed by atoms with E-state index in [9.17, 15) is 0 Å². The summed E-state index contributed by atoms with van der Waals surface area (Å²) in [5.74, 6) is 0. The SMILES string of the molecule is CC(C)(C)P(Br)(C(C)(C)C)(C(C)(C)C)P(Br)(C(C)(C)C)(C(C)(C)C)C(C)(C)C. The molecule has 0 bridgehead atoms. The van der Waals surface area contributed by atoms with Gasteiger partial charge in [-0.15, -0.1) is 0 Å². The van der Waals surface area contributed by atoms with Crippen LogP contribution in [-0.4, -0.2) is 30.9 Å². The third-order valence-electron chi connectivity index (χ3n) is 8.05. The van der Waals surface area contributed by atoms with E-state index in [1.54, 1.807) is 0 Å². The molecule has 0 radical (unpaired) electrons. The summed E-state index contributed by atoms with van der Waals surface area (Å²) in [6.45, 7) is 45.5. The molecule has 0 aromatic heterocycles. The zero-order valence-corrected chi connectivity index (χ0v) is 27.6. The zero-order chi connectivity index (χ0) is 23.9. The molecule has 0 rings (SSSR count). The minimum atomic E-state index is -2.89. The van der Waals surface area contributed by atoms with Gasteiger partial charge < -0.3 is 0 Å². The minimum absolute atomic E-state index is 0.0945. The van der Waals surface area contributed by atoms with Crippen molar-refractivity contribution in [3.05, 3.63) is 0 Å². The Hall–Kier alpha value is 1.82. The van der Waals surface area contributed by atoms with E-state index in [0.29, 0.717) is 0 Å². The van der Waals surface area contributed by atoms with Gasteiger partial charge in [-0.05, 0) is 0 Å². The molecule has 0 aromatic rings. The first-order valence-electron chi connectivity index (χ1n) is 10.9. The topological polar surface area (TPSA) is 0 Å². The normalized spacial score (nSPS) is 19.6. The summed E-state index contributed by atoms with van der Waals surface area (Å²) in [6, 6.07) is 0. The van der Waals surface area contributed by atoms with Crippen molar-refractivity contribution in [2.45, 2.75) is 156 Å². The van der Waals surface area contributed by atoms with Gasteiger partial charge in [-0.2, -0.15) is 0 Å². The van der Waals surface area contributed by atoms with Crippen molar-refractivity contribution >= 4 is 41.0 Å². The monoisotopic (exact) mass is 562 g/mol. The molecule has 0 nitrogen and oxygen atoms in total. The Bertz CT molecular complexity index is 472. The van der Waals surface area contributed by atoms with E-state index in [1.165, 1.54) is 0 Å². The Labute approximate surface area is 195 Å². The van der Waals surface area contributed by atoms with Crippen LogP contribution in [0.25, 0.3) is 0 Å². The summed E-state index contributed by atoms with van der Waals surface area (Å²) >= 11 is 9.97. The van der Waals surface area contributed by atoms with Crippen molar-refractivity contribution in [2.24, 2.45) is 0 Å². The molecule has 0 aliphatic heterocycles. The molecule has 0 spiro atoms. The number of hydrogen-bond acceptors (Lipinski definition) is 0. The molecule has 0 amide bonds. The van der Waals surface area contributed by atoms with Crippen LogP contribution in [0, 0.1) is 0 Å². The van der Waals surface area contributed by atoms with Gasteiger partial charge >= 0.3 is 197 Å². The third-order valence-corrected chi connectivity index (χ3v) is 73.6. The van der Waals surface area contributed by atoms with Crippen LogP contribution in [0.3, 0.4) is 0 Å². The quantitative estimate of drug-likeness (QED) is 0.278. The van der Waals surface area contributed by atoms with E-state index in [1.807, 2.05) is 0 Å². The van der Waals surface area contributed by atoms with E-state index < -0.39 is 9.99 Å². The van der Waals surface area contributed by atoms with Crippen LogP contribution in [0.1, 0.15) is 125 Å². The Morgan fingerprint density at radius 1 is 0.286 bits per heavy atom. The van der Waals surface area contributed by atoms with Crippen molar-refractivity contribution in [2.75, 3.05) is 0 Å². The zero-order valence-electron chi connectivity index (χ0n) is 22.7. The summed E-state index contributed by atoms with van der Waals surface area (Å²) < 4.78 is 0. The van der Waals surface area contributed by atoms with Gasteiger partial charge in [0.15, 0.2) is 0 Å². The molecule has 0 aromatic carbocycles. The molecule has 0 unspecified atom stereocenters. The molecule has 0 saturated carbocycles. The summed E-state index contributed by atoms with van der Waals surface area (Å²) in [5.41, 5.74) is 0. The standard InChI is InChI=1S/C24H54Br2P2/c1-19(2,3)27(25,20(4,5)6,21(7,8)9)28(26,22(10,11)12,23(13,14)15)24(16,17)18/h1-18H3. The van der Waals surface area contributed by atoms with Crippen LogP contribution in [0.2, 0.25) is 0 Å². The second-order valence-corrected chi connectivity index (χ2v) is 43.5. The van der Waals surface area contributed by atoms with E-state index in [4.69, 9.17) is 31.0 Å². The molecule has 0 atom stereocenters. The van der Waals surface area contributed by atoms with Gasteiger partial charge in [0, 0.05) is 0 Å². The van der Waals surface area contributed by atoms with Crippen molar-refractivity contribution < 1.29 is 0 Å². The Morgan fingerprint density at radius 2 is 0.357 bits per heavy atom. The fraction of sp³-hybridized carbons (Fsp3) is 1.00. The molecule has 0 aliphatic carbocycles. The predicted octanol–water partition coefficient (Wildman–Crippen LogP) is 11.4. The third kappa shape index (κ3) is 2.48. The maximum atomic E-state index is 4.98. The Kier molecular flexibility index (Phi) is 7.11. The van der Waals surface area contributed by atoms with E-state index in [2.05, 4.69) is 125 Å². The summed E-state index contributed by atoms with van der Waals surface area (Å²) in [6.07, 6.45) is 0. The molecule has 0 N–H and O–H groups in total. The molecule has 28 heavy (non-hydrogen) atoms.